The van der Waals surface area contributed by atoms with E-state index in [9.17, 15) is 9.59 Å². The monoisotopic (exact) mass is 524 g/mol. The van der Waals surface area contributed by atoms with Crippen molar-refractivity contribution < 1.29 is 33.3 Å². The minimum atomic E-state index is -0.506. The van der Waals surface area contributed by atoms with Crippen molar-refractivity contribution >= 4 is 33.8 Å². The highest BCUT2D eigenvalue weighted by atomic mass is 79.9. The number of ketones is 1. The first-order valence-corrected chi connectivity index (χ1v) is 11.0. The summed E-state index contributed by atoms with van der Waals surface area (Å²) < 4.78 is 28.4. The van der Waals surface area contributed by atoms with Crippen LogP contribution in [-0.4, -0.2) is 33.1 Å². The number of methoxy groups -OCH3 is 3. The maximum absolute atomic E-state index is 13.0. The van der Waals surface area contributed by atoms with Gasteiger partial charge in [0.25, 0.3) is 0 Å². The van der Waals surface area contributed by atoms with E-state index in [2.05, 4.69) is 15.9 Å². The van der Waals surface area contributed by atoms with E-state index in [0.29, 0.717) is 51.0 Å². The predicted octanol–water partition coefficient (Wildman–Crippen LogP) is 5.62. The standard InChI is InChI=1S/C26H21BrO7/c1-14-19(34-26(29)16-5-7-17(27)8-6-16)10-9-18-23(28)20(33-24(14)18)11-15-12-21(30-2)25(32-4)22(13-15)31-3/h5-13H,1-4H3/b20-11-. The van der Waals surface area contributed by atoms with Crippen molar-refractivity contribution in [2.75, 3.05) is 21.3 Å². The van der Waals surface area contributed by atoms with E-state index in [4.69, 9.17) is 23.7 Å². The summed E-state index contributed by atoms with van der Waals surface area (Å²) in [5.74, 6) is 1.36. The minimum Gasteiger partial charge on any atom is -0.493 e. The maximum Gasteiger partial charge on any atom is 0.343 e. The van der Waals surface area contributed by atoms with Crippen LogP contribution in [0, 0.1) is 6.92 Å². The SMILES string of the molecule is COc1cc(/C=C2\Oc3c(ccc(OC(=O)c4ccc(Br)cc4)c3C)C2=O)cc(OC)c1OC. The van der Waals surface area contributed by atoms with Crippen LogP contribution in [0.5, 0.6) is 28.7 Å². The van der Waals surface area contributed by atoms with E-state index in [1.807, 2.05) is 0 Å². The molecule has 0 radical (unpaired) electrons. The van der Waals surface area contributed by atoms with Crippen LogP contribution in [0.1, 0.15) is 31.8 Å². The number of hydrogen-bond acceptors (Lipinski definition) is 7. The molecule has 34 heavy (non-hydrogen) atoms. The first-order valence-electron chi connectivity index (χ1n) is 10.2. The smallest absolute Gasteiger partial charge is 0.343 e. The second kappa shape index (κ2) is 9.61. The van der Waals surface area contributed by atoms with E-state index in [0.717, 1.165) is 4.47 Å². The number of carbonyl (C=O) groups excluding carboxylic acids is 2. The van der Waals surface area contributed by atoms with Crippen molar-refractivity contribution in [3.8, 4) is 28.7 Å². The Hall–Kier alpha value is -3.78. The van der Waals surface area contributed by atoms with Crippen molar-refractivity contribution in [1.29, 1.82) is 0 Å². The molecule has 0 bridgehead atoms. The molecule has 174 valence electrons. The van der Waals surface area contributed by atoms with Crippen LogP contribution < -0.4 is 23.7 Å². The highest BCUT2D eigenvalue weighted by molar-refractivity contribution is 9.10. The number of fused-ring (bicyclic) bond motifs is 1. The molecule has 0 atom stereocenters. The lowest BCUT2D eigenvalue weighted by atomic mass is 10.1. The fourth-order valence-electron chi connectivity index (χ4n) is 3.56. The summed E-state index contributed by atoms with van der Waals surface area (Å²) in [6, 6.07) is 13.4. The van der Waals surface area contributed by atoms with Crippen LogP contribution >= 0.6 is 15.9 Å². The molecule has 4 rings (SSSR count). The minimum absolute atomic E-state index is 0.128. The molecule has 0 aliphatic carbocycles. The van der Waals surface area contributed by atoms with Gasteiger partial charge in [0.15, 0.2) is 17.3 Å². The van der Waals surface area contributed by atoms with Crippen LogP contribution in [0.4, 0.5) is 0 Å². The Kier molecular flexibility index (Phi) is 6.61. The molecule has 0 fully saturated rings. The average Bonchev–Trinajstić information content (AvgIpc) is 3.16. The Balaban J connectivity index is 1.63. The Bertz CT molecular complexity index is 1280. The van der Waals surface area contributed by atoms with Gasteiger partial charge < -0.3 is 23.7 Å². The van der Waals surface area contributed by atoms with Gasteiger partial charge in [-0.15, -0.1) is 0 Å². The number of Topliss-reactive ketones (excluding diaryl/α,β-unsaturated/α-hetero) is 1. The van der Waals surface area contributed by atoms with Crippen LogP contribution in [-0.2, 0) is 0 Å². The largest absolute Gasteiger partial charge is 0.493 e. The zero-order valence-corrected chi connectivity index (χ0v) is 20.5. The third kappa shape index (κ3) is 4.36. The van der Waals surface area contributed by atoms with Gasteiger partial charge in [-0.25, -0.2) is 4.79 Å². The van der Waals surface area contributed by atoms with Gasteiger partial charge in [0, 0.05) is 10.0 Å². The van der Waals surface area contributed by atoms with Crippen LogP contribution in [0.2, 0.25) is 0 Å². The topological polar surface area (TPSA) is 80.3 Å². The summed E-state index contributed by atoms with van der Waals surface area (Å²) in [4.78, 5) is 25.5. The number of ether oxygens (including phenoxy) is 5. The van der Waals surface area contributed by atoms with Crippen molar-refractivity contribution in [2.45, 2.75) is 6.92 Å². The lowest BCUT2D eigenvalue weighted by Crippen LogP contribution is -2.09. The maximum atomic E-state index is 13.0. The Labute approximate surface area is 205 Å². The Morgan fingerprint density at radius 3 is 2.15 bits per heavy atom. The Morgan fingerprint density at radius 2 is 1.56 bits per heavy atom. The fraction of sp³-hybridized carbons (Fsp3) is 0.154. The highest BCUT2D eigenvalue weighted by Crippen LogP contribution is 2.42. The van der Waals surface area contributed by atoms with Gasteiger partial charge in [-0.3, -0.25) is 4.79 Å². The van der Waals surface area contributed by atoms with Gasteiger partial charge >= 0.3 is 5.97 Å². The van der Waals surface area contributed by atoms with Crippen molar-refractivity contribution in [2.24, 2.45) is 0 Å². The molecule has 0 amide bonds. The molecule has 8 heteroatoms. The molecule has 1 aliphatic heterocycles. The van der Waals surface area contributed by atoms with Gasteiger partial charge in [0.1, 0.15) is 11.5 Å². The number of esters is 1. The molecule has 3 aromatic rings. The number of carbonyl (C=O) groups is 2. The summed E-state index contributed by atoms with van der Waals surface area (Å²) in [6.07, 6.45) is 1.60. The van der Waals surface area contributed by atoms with Gasteiger partial charge in [-0.05, 0) is 67.1 Å². The zero-order chi connectivity index (χ0) is 24.4. The molecule has 0 saturated carbocycles. The van der Waals surface area contributed by atoms with Crippen LogP contribution in [0.15, 0.2) is 58.8 Å². The lowest BCUT2D eigenvalue weighted by molar-refractivity contribution is 0.0733. The van der Waals surface area contributed by atoms with Crippen molar-refractivity contribution in [3.05, 3.63) is 81.0 Å². The fourth-order valence-corrected chi connectivity index (χ4v) is 3.82. The molecule has 7 nitrogen and oxygen atoms in total. The third-order valence-corrected chi connectivity index (χ3v) is 5.83. The number of halogens is 1. The molecular formula is C26H21BrO7. The second-order valence-corrected chi connectivity index (χ2v) is 8.28. The third-order valence-electron chi connectivity index (χ3n) is 5.30. The summed E-state index contributed by atoms with van der Waals surface area (Å²) >= 11 is 3.34. The molecule has 3 aromatic carbocycles. The second-order valence-electron chi connectivity index (χ2n) is 7.36. The van der Waals surface area contributed by atoms with Gasteiger partial charge in [0.05, 0.1) is 32.5 Å². The van der Waals surface area contributed by atoms with Gasteiger partial charge in [-0.1, -0.05) is 15.9 Å². The first kappa shape index (κ1) is 23.4. The summed E-state index contributed by atoms with van der Waals surface area (Å²) in [7, 11) is 4.55. The first-order chi connectivity index (χ1) is 16.4. The number of hydrogen-bond donors (Lipinski definition) is 0. The van der Waals surface area contributed by atoms with Gasteiger partial charge in [0.2, 0.25) is 11.5 Å². The van der Waals surface area contributed by atoms with E-state index >= 15 is 0 Å². The van der Waals surface area contributed by atoms with Crippen LogP contribution in [0.3, 0.4) is 0 Å². The molecule has 0 spiro atoms. The van der Waals surface area contributed by atoms with Crippen LogP contribution in [0.25, 0.3) is 6.08 Å². The highest BCUT2D eigenvalue weighted by Gasteiger charge is 2.31. The molecule has 1 heterocycles. The predicted molar refractivity (Wildman–Crippen MR) is 129 cm³/mol. The van der Waals surface area contributed by atoms with E-state index in [1.165, 1.54) is 21.3 Å². The van der Waals surface area contributed by atoms with E-state index < -0.39 is 5.97 Å². The van der Waals surface area contributed by atoms with E-state index in [-0.39, 0.29) is 11.5 Å². The van der Waals surface area contributed by atoms with Crippen molar-refractivity contribution in [3.63, 3.8) is 0 Å². The number of allylic oxidation sites excluding steroid dienone is 1. The molecule has 1 aliphatic rings. The summed E-state index contributed by atoms with van der Waals surface area (Å²) in [5, 5.41) is 0. The molecule has 0 saturated heterocycles. The number of rotatable bonds is 6. The number of benzene rings is 3. The molecule has 0 aromatic heterocycles. The van der Waals surface area contributed by atoms with Crippen molar-refractivity contribution in [1.82, 2.24) is 0 Å². The molecular weight excluding hydrogens is 504 g/mol. The van der Waals surface area contributed by atoms with E-state index in [1.54, 1.807) is 61.5 Å². The summed E-state index contributed by atoms with van der Waals surface area (Å²) in [5.41, 5.74) is 1.97. The normalized spacial score (nSPS) is 13.3. The quantitative estimate of drug-likeness (QED) is 0.235. The van der Waals surface area contributed by atoms with Gasteiger partial charge in [-0.2, -0.15) is 0 Å². The lowest BCUT2D eigenvalue weighted by Gasteiger charge is -2.13. The molecule has 0 N–H and O–H groups in total. The summed E-state index contributed by atoms with van der Waals surface area (Å²) in [6.45, 7) is 1.73. The zero-order valence-electron chi connectivity index (χ0n) is 18.9. The molecule has 0 unspecified atom stereocenters. The Morgan fingerprint density at radius 1 is 0.912 bits per heavy atom. The average molecular weight is 525 g/mol.